The Balaban J connectivity index is 2.31. The zero-order valence-electron chi connectivity index (χ0n) is 14.3. The second-order valence-corrected chi connectivity index (χ2v) is 8.10. The van der Waals surface area contributed by atoms with Crippen molar-refractivity contribution < 1.29 is 19.4 Å². The van der Waals surface area contributed by atoms with E-state index in [9.17, 15) is 14.3 Å². The van der Waals surface area contributed by atoms with Crippen LogP contribution in [-0.4, -0.2) is 16.0 Å². The number of nitrogens with one attached hydrogen (secondary N) is 1. The molecule has 3 N–H and O–H groups in total. The number of carboxylic acid groups (broad SMARTS) is 1. The second kappa shape index (κ2) is 8.43. The van der Waals surface area contributed by atoms with E-state index in [-0.39, 0.29) is 19.0 Å². The summed E-state index contributed by atoms with van der Waals surface area (Å²) in [5.41, 5.74) is 0.719. The van der Waals surface area contributed by atoms with Gasteiger partial charge >= 0.3 is 5.97 Å². The summed E-state index contributed by atoms with van der Waals surface area (Å²) in [5, 5.41) is 12.0. The highest BCUT2D eigenvalue weighted by Gasteiger charge is 2.37. The van der Waals surface area contributed by atoms with Crippen molar-refractivity contribution in [1.29, 1.82) is 0 Å². The average Bonchev–Trinajstić information content (AvgIpc) is 2.60. The molecule has 0 aliphatic heterocycles. The van der Waals surface area contributed by atoms with E-state index in [1.165, 1.54) is 0 Å². The zero-order valence-corrected chi connectivity index (χ0v) is 15.2. The molecule has 2 unspecified atom stereocenters. The maximum Gasteiger partial charge on any atom is 0.303 e. The van der Waals surface area contributed by atoms with Gasteiger partial charge in [0.15, 0.2) is 0 Å². The molecule has 0 saturated carbocycles. The van der Waals surface area contributed by atoms with Gasteiger partial charge in [-0.15, -0.1) is 0 Å². The molecule has 6 heteroatoms. The molecular formula is C19H24NO4P. The Labute approximate surface area is 148 Å². The number of benzene rings is 2. The van der Waals surface area contributed by atoms with E-state index >= 15 is 0 Å². The van der Waals surface area contributed by atoms with Gasteiger partial charge in [-0.2, -0.15) is 0 Å². The van der Waals surface area contributed by atoms with Gasteiger partial charge in [0.25, 0.3) is 7.52 Å². The van der Waals surface area contributed by atoms with Crippen molar-refractivity contribution in [3.8, 4) is 0 Å². The van der Waals surface area contributed by atoms with Gasteiger partial charge in [-0.3, -0.25) is 9.36 Å². The molecule has 2 aromatic carbocycles. The molecule has 134 valence electrons. The smallest absolute Gasteiger partial charge is 0.303 e. The largest absolute Gasteiger partial charge is 0.481 e. The van der Waals surface area contributed by atoms with Crippen LogP contribution < -0.4 is 5.09 Å². The maximum atomic E-state index is 12.9. The van der Waals surface area contributed by atoms with Crippen molar-refractivity contribution in [2.45, 2.75) is 37.9 Å². The summed E-state index contributed by atoms with van der Waals surface area (Å²) >= 11 is 0. The monoisotopic (exact) mass is 361 g/mol. The first kappa shape index (κ1) is 19.4. The summed E-state index contributed by atoms with van der Waals surface area (Å²) in [5.74, 6) is -0.925. The van der Waals surface area contributed by atoms with Crippen molar-refractivity contribution in [1.82, 2.24) is 5.09 Å². The SMILES string of the molecule is CCC(CCC(=O)O)(NP(=O)(O)Cc1ccccc1)c1ccccc1. The van der Waals surface area contributed by atoms with Gasteiger partial charge in [0, 0.05) is 6.42 Å². The van der Waals surface area contributed by atoms with Crippen LogP contribution >= 0.6 is 7.52 Å². The highest BCUT2D eigenvalue weighted by molar-refractivity contribution is 7.55. The molecule has 2 rings (SSSR count). The molecule has 5 nitrogen and oxygen atoms in total. The molecule has 0 radical (unpaired) electrons. The van der Waals surface area contributed by atoms with Crippen LogP contribution in [0.2, 0.25) is 0 Å². The van der Waals surface area contributed by atoms with E-state index in [2.05, 4.69) is 5.09 Å². The highest BCUT2D eigenvalue weighted by Crippen LogP contribution is 2.47. The maximum absolute atomic E-state index is 12.9. The van der Waals surface area contributed by atoms with Gasteiger partial charge in [0.2, 0.25) is 0 Å². The zero-order chi connectivity index (χ0) is 18.3. The molecule has 0 fully saturated rings. The minimum atomic E-state index is -3.72. The lowest BCUT2D eigenvalue weighted by Gasteiger charge is -2.36. The first-order valence-corrected chi connectivity index (χ1v) is 10.1. The number of hydrogen-bond acceptors (Lipinski definition) is 2. The van der Waals surface area contributed by atoms with Gasteiger partial charge in [0.05, 0.1) is 11.7 Å². The van der Waals surface area contributed by atoms with Crippen LogP contribution in [0.4, 0.5) is 0 Å². The molecule has 0 aromatic heterocycles. The fourth-order valence-corrected chi connectivity index (χ4v) is 4.86. The quantitative estimate of drug-likeness (QED) is 0.585. The summed E-state index contributed by atoms with van der Waals surface area (Å²) in [7, 11) is -3.72. The van der Waals surface area contributed by atoms with Crippen molar-refractivity contribution in [2.24, 2.45) is 0 Å². The molecule has 0 saturated heterocycles. The van der Waals surface area contributed by atoms with E-state index in [1.807, 2.05) is 55.5 Å². The lowest BCUT2D eigenvalue weighted by molar-refractivity contribution is -0.137. The summed E-state index contributed by atoms with van der Waals surface area (Å²) < 4.78 is 12.9. The van der Waals surface area contributed by atoms with Gasteiger partial charge < -0.3 is 10.00 Å². The third-order valence-corrected chi connectivity index (χ3v) is 5.90. The normalized spacial score (nSPS) is 15.9. The molecule has 2 aromatic rings. The first-order chi connectivity index (χ1) is 11.9. The summed E-state index contributed by atoms with van der Waals surface area (Å²) in [6.45, 7) is 1.89. The van der Waals surface area contributed by atoms with Crippen molar-refractivity contribution >= 4 is 13.5 Å². The minimum Gasteiger partial charge on any atom is -0.481 e. The predicted octanol–water partition coefficient (Wildman–Crippen LogP) is 4.13. The first-order valence-electron chi connectivity index (χ1n) is 8.29. The summed E-state index contributed by atoms with van der Waals surface area (Å²) in [4.78, 5) is 21.6. The van der Waals surface area contributed by atoms with E-state index in [0.29, 0.717) is 6.42 Å². The lowest BCUT2D eigenvalue weighted by atomic mass is 9.84. The highest BCUT2D eigenvalue weighted by atomic mass is 31.2. The fraction of sp³-hybridized carbons (Fsp3) is 0.316. The minimum absolute atomic E-state index is 0.00447. The Morgan fingerprint density at radius 3 is 2.16 bits per heavy atom. The number of hydrogen-bond donors (Lipinski definition) is 3. The van der Waals surface area contributed by atoms with Crippen molar-refractivity contribution in [3.05, 3.63) is 71.8 Å². The van der Waals surface area contributed by atoms with Crippen LogP contribution in [0.15, 0.2) is 60.7 Å². The second-order valence-electron chi connectivity index (χ2n) is 6.15. The molecule has 0 aliphatic rings. The van der Waals surface area contributed by atoms with Gasteiger partial charge in [0.1, 0.15) is 0 Å². The number of carbonyl (C=O) groups is 1. The Morgan fingerprint density at radius 1 is 1.08 bits per heavy atom. The molecule has 0 aliphatic carbocycles. The Bertz CT molecular complexity index is 736. The number of carboxylic acids is 1. The predicted molar refractivity (Wildman–Crippen MR) is 98.4 cm³/mol. The lowest BCUT2D eigenvalue weighted by Crippen LogP contribution is -2.40. The van der Waals surface area contributed by atoms with Gasteiger partial charge in [-0.1, -0.05) is 67.6 Å². The summed E-state index contributed by atoms with van der Waals surface area (Å²) in [6.07, 6.45) is 0.655. The van der Waals surface area contributed by atoms with Crippen LogP contribution in [0, 0.1) is 0 Å². The molecule has 2 atom stereocenters. The van der Waals surface area contributed by atoms with Crippen LogP contribution in [-0.2, 0) is 21.1 Å². The molecule has 25 heavy (non-hydrogen) atoms. The number of aliphatic carboxylic acids is 1. The Hall–Kier alpha value is -1.94. The fourth-order valence-electron chi connectivity index (χ4n) is 3.01. The third kappa shape index (κ3) is 5.53. The van der Waals surface area contributed by atoms with Crippen molar-refractivity contribution in [3.63, 3.8) is 0 Å². The topological polar surface area (TPSA) is 86.6 Å². The Morgan fingerprint density at radius 2 is 1.64 bits per heavy atom. The molecule has 0 spiro atoms. The van der Waals surface area contributed by atoms with Crippen molar-refractivity contribution in [2.75, 3.05) is 0 Å². The van der Waals surface area contributed by atoms with E-state index in [0.717, 1.165) is 11.1 Å². The van der Waals surface area contributed by atoms with Gasteiger partial charge in [-0.05, 0) is 24.0 Å². The molecule has 0 amide bonds. The van der Waals surface area contributed by atoms with Gasteiger partial charge in [-0.25, -0.2) is 5.09 Å². The van der Waals surface area contributed by atoms with Crippen LogP contribution in [0.5, 0.6) is 0 Å². The Kier molecular flexibility index (Phi) is 6.54. The van der Waals surface area contributed by atoms with E-state index in [1.54, 1.807) is 12.1 Å². The summed E-state index contributed by atoms with van der Waals surface area (Å²) in [6, 6.07) is 18.4. The van der Waals surface area contributed by atoms with Crippen LogP contribution in [0.3, 0.4) is 0 Å². The third-order valence-electron chi connectivity index (χ3n) is 4.32. The van der Waals surface area contributed by atoms with Crippen LogP contribution in [0.25, 0.3) is 0 Å². The van der Waals surface area contributed by atoms with E-state index in [4.69, 9.17) is 5.11 Å². The molecular weight excluding hydrogens is 337 g/mol. The standard InChI is InChI=1S/C19H24NO4P/c1-2-19(14-13-18(21)22,17-11-7-4-8-12-17)20-25(23,24)15-16-9-5-3-6-10-16/h3-12H,2,13-15H2,1H3,(H,21,22)(H2,20,23,24). The number of rotatable bonds is 9. The van der Waals surface area contributed by atoms with E-state index < -0.39 is 19.0 Å². The average molecular weight is 361 g/mol. The van der Waals surface area contributed by atoms with Crippen LogP contribution in [0.1, 0.15) is 37.3 Å². The molecule has 0 heterocycles. The molecule has 0 bridgehead atoms.